The van der Waals surface area contributed by atoms with Gasteiger partial charge in [-0.1, -0.05) is 6.07 Å². The second-order valence-electron chi connectivity index (χ2n) is 5.42. The average molecular weight is 292 g/mol. The van der Waals surface area contributed by atoms with Crippen LogP contribution in [0.5, 0.6) is 0 Å². The normalized spacial score (nSPS) is 16.6. The summed E-state index contributed by atoms with van der Waals surface area (Å²) in [6.07, 6.45) is 1.77. The van der Waals surface area contributed by atoms with Crippen molar-refractivity contribution >= 4 is 17.3 Å². The number of primary amides is 1. The van der Waals surface area contributed by atoms with Crippen molar-refractivity contribution in [3.05, 3.63) is 33.9 Å². The number of hydrogen-bond acceptors (Lipinski definition) is 5. The zero-order valence-corrected chi connectivity index (χ0v) is 12.0. The molecule has 114 valence electrons. The highest BCUT2D eigenvalue weighted by Gasteiger charge is 2.20. The first kappa shape index (κ1) is 15.2. The first-order valence-corrected chi connectivity index (χ1v) is 6.98. The molecule has 21 heavy (non-hydrogen) atoms. The molecule has 3 N–H and O–H groups in total. The predicted molar refractivity (Wildman–Crippen MR) is 80.1 cm³/mol. The van der Waals surface area contributed by atoms with Crippen LogP contribution in [0.4, 0.5) is 11.4 Å². The summed E-state index contributed by atoms with van der Waals surface area (Å²) in [5.74, 6) is -0.310. The zero-order chi connectivity index (χ0) is 15.4. The first-order chi connectivity index (χ1) is 9.95. The summed E-state index contributed by atoms with van der Waals surface area (Å²) in [7, 11) is 0. The highest BCUT2D eigenvalue weighted by Crippen LogP contribution is 2.24. The fourth-order valence-corrected chi connectivity index (χ4v) is 2.59. The molecule has 0 aliphatic carbocycles. The van der Waals surface area contributed by atoms with Gasteiger partial charge in [0.25, 0.3) is 5.69 Å². The van der Waals surface area contributed by atoms with Gasteiger partial charge in [0.05, 0.1) is 11.5 Å². The molecule has 1 aromatic carbocycles. The van der Waals surface area contributed by atoms with Crippen molar-refractivity contribution in [2.24, 2.45) is 5.73 Å². The number of anilines is 1. The highest BCUT2D eigenvalue weighted by atomic mass is 16.6. The summed E-state index contributed by atoms with van der Waals surface area (Å²) < 4.78 is 0. The second kappa shape index (κ2) is 6.53. The molecular weight excluding hydrogens is 272 g/mol. The summed E-state index contributed by atoms with van der Waals surface area (Å²) in [5.41, 5.74) is 6.73. The van der Waals surface area contributed by atoms with Crippen LogP contribution in [-0.4, -0.2) is 41.4 Å². The van der Waals surface area contributed by atoms with Crippen LogP contribution in [-0.2, 0) is 4.79 Å². The fraction of sp³-hybridized carbons (Fsp3) is 0.500. The molecule has 0 spiro atoms. The van der Waals surface area contributed by atoms with Gasteiger partial charge in [0.1, 0.15) is 0 Å². The molecular formula is C14H20N4O3. The average Bonchev–Trinajstić information content (AvgIpc) is 2.42. The van der Waals surface area contributed by atoms with E-state index in [9.17, 15) is 14.9 Å². The molecule has 7 heteroatoms. The maximum absolute atomic E-state index is 10.9. The van der Waals surface area contributed by atoms with E-state index in [1.54, 1.807) is 19.1 Å². The van der Waals surface area contributed by atoms with Crippen LogP contribution in [0.25, 0.3) is 0 Å². The smallest absolute Gasteiger partial charge is 0.274 e. The number of rotatable bonds is 5. The molecule has 1 heterocycles. The van der Waals surface area contributed by atoms with Crippen LogP contribution in [0.15, 0.2) is 18.2 Å². The van der Waals surface area contributed by atoms with Crippen LogP contribution in [0.1, 0.15) is 18.4 Å². The van der Waals surface area contributed by atoms with E-state index in [1.807, 2.05) is 11.0 Å². The van der Waals surface area contributed by atoms with Gasteiger partial charge in [0.15, 0.2) is 0 Å². The molecule has 0 saturated carbocycles. The van der Waals surface area contributed by atoms with Gasteiger partial charge >= 0.3 is 0 Å². The van der Waals surface area contributed by atoms with Crippen molar-refractivity contribution in [3.8, 4) is 0 Å². The van der Waals surface area contributed by atoms with Crippen molar-refractivity contribution in [2.75, 3.05) is 25.0 Å². The van der Waals surface area contributed by atoms with Crippen LogP contribution >= 0.6 is 0 Å². The number of benzene rings is 1. The van der Waals surface area contributed by atoms with Gasteiger partial charge in [0, 0.05) is 36.4 Å². The van der Waals surface area contributed by atoms with E-state index in [1.165, 1.54) is 0 Å². The number of nitro benzene ring substituents is 1. The summed E-state index contributed by atoms with van der Waals surface area (Å²) in [6.45, 7) is 3.62. The number of amides is 1. The molecule has 1 amide bonds. The van der Waals surface area contributed by atoms with Crippen molar-refractivity contribution < 1.29 is 9.72 Å². The van der Waals surface area contributed by atoms with Crippen molar-refractivity contribution in [1.29, 1.82) is 0 Å². The first-order valence-electron chi connectivity index (χ1n) is 6.98. The third kappa shape index (κ3) is 4.16. The maximum Gasteiger partial charge on any atom is 0.274 e. The fourth-order valence-electron chi connectivity index (χ4n) is 2.59. The number of likely N-dealkylation sites (tertiary alicyclic amines) is 1. The Morgan fingerprint density at radius 1 is 1.48 bits per heavy atom. The summed E-state index contributed by atoms with van der Waals surface area (Å²) in [4.78, 5) is 23.5. The number of nitro groups is 1. The number of aryl methyl sites for hydroxylation is 1. The van der Waals surface area contributed by atoms with E-state index < -0.39 is 0 Å². The van der Waals surface area contributed by atoms with Gasteiger partial charge < -0.3 is 11.1 Å². The van der Waals surface area contributed by atoms with Gasteiger partial charge in [0.2, 0.25) is 5.91 Å². The number of nitrogens with two attached hydrogens (primary N) is 1. The lowest BCUT2D eigenvalue weighted by Gasteiger charge is -2.32. The lowest BCUT2D eigenvalue weighted by Crippen LogP contribution is -2.42. The van der Waals surface area contributed by atoms with E-state index in [0.29, 0.717) is 12.1 Å². The van der Waals surface area contributed by atoms with Gasteiger partial charge in [-0.15, -0.1) is 0 Å². The van der Waals surface area contributed by atoms with Gasteiger partial charge in [-0.05, 0) is 25.8 Å². The Balaban J connectivity index is 1.93. The maximum atomic E-state index is 10.9. The van der Waals surface area contributed by atoms with Crippen LogP contribution in [0, 0.1) is 17.0 Å². The molecule has 0 unspecified atom stereocenters. The van der Waals surface area contributed by atoms with Crippen LogP contribution < -0.4 is 11.1 Å². The minimum absolute atomic E-state index is 0.131. The number of piperidine rings is 1. The number of nitrogens with one attached hydrogen (secondary N) is 1. The Kier molecular flexibility index (Phi) is 4.74. The lowest BCUT2D eigenvalue weighted by molar-refractivity contribution is -0.385. The molecule has 1 aliphatic rings. The number of carbonyl (C=O) groups excluding carboxylic acids is 1. The highest BCUT2D eigenvalue weighted by molar-refractivity contribution is 5.75. The Bertz CT molecular complexity index is 539. The summed E-state index contributed by atoms with van der Waals surface area (Å²) in [5, 5.41) is 14.3. The Hall–Kier alpha value is -2.15. The molecule has 0 bridgehead atoms. The van der Waals surface area contributed by atoms with E-state index in [-0.39, 0.29) is 22.6 Å². The Labute approximate surface area is 123 Å². The topological polar surface area (TPSA) is 102 Å². The second-order valence-corrected chi connectivity index (χ2v) is 5.42. The van der Waals surface area contributed by atoms with Gasteiger partial charge in [-0.3, -0.25) is 19.8 Å². The van der Waals surface area contributed by atoms with Gasteiger partial charge in [-0.2, -0.15) is 0 Å². The zero-order valence-electron chi connectivity index (χ0n) is 12.0. The number of hydrogen-bond donors (Lipinski definition) is 2. The van der Waals surface area contributed by atoms with E-state index in [0.717, 1.165) is 31.6 Å². The SMILES string of the molecule is Cc1ccc(NC2CCN(CC(N)=O)CC2)cc1[N+](=O)[O-]. The van der Waals surface area contributed by atoms with E-state index in [2.05, 4.69) is 5.32 Å². The molecule has 2 rings (SSSR count). The van der Waals surface area contributed by atoms with Crippen LogP contribution in [0.3, 0.4) is 0 Å². The van der Waals surface area contributed by atoms with Crippen molar-refractivity contribution in [3.63, 3.8) is 0 Å². The lowest BCUT2D eigenvalue weighted by atomic mass is 10.0. The molecule has 0 atom stereocenters. The minimum Gasteiger partial charge on any atom is -0.382 e. The quantitative estimate of drug-likeness (QED) is 0.628. The van der Waals surface area contributed by atoms with E-state index >= 15 is 0 Å². The number of nitrogens with zero attached hydrogens (tertiary/aromatic N) is 2. The van der Waals surface area contributed by atoms with Crippen molar-refractivity contribution in [2.45, 2.75) is 25.8 Å². The molecule has 1 fully saturated rings. The molecule has 1 aliphatic heterocycles. The molecule has 1 aromatic rings. The van der Waals surface area contributed by atoms with E-state index in [4.69, 9.17) is 5.73 Å². The minimum atomic E-state index is -0.365. The predicted octanol–water partition coefficient (Wildman–Crippen LogP) is 1.26. The van der Waals surface area contributed by atoms with Crippen LogP contribution in [0.2, 0.25) is 0 Å². The summed E-state index contributed by atoms with van der Waals surface area (Å²) in [6, 6.07) is 5.45. The molecule has 7 nitrogen and oxygen atoms in total. The largest absolute Gasteiger partial charge is 0.382 e. The molecule has 0 aromatic heterocycles. The monoisotopic (exact) mass is 292 g/mol. The molecule has 1 saturated heterocycles. The van der Waals surface area contributed by atoms with Gasteiger partial charge in [-0.25, -0.2) is 0 Å². The summed E-state index contributed by atoms with van der Waals surface area (Å²) >= 11 is 0. The number of carbonyl (C=O) groups is 1. The Morgan fingerprint density at radius 3 is 2.71 bits per heavy atom. The third-order valence-electron chi connectivity index (χ3n) is 3.74. The van der Waals surface area contributed by atoms with Crippen molar-refractivity contribution in [1.82, 2.24) is 4.90 Å². The third-order valence-corrected chi connectivity index (χ3v) is 3.74. The molecule has 0 radical (unpaired) electrons. The Morgan fingerprint density at radius 2 is 2.14 bits per heavy atom. The standard InChI is InChI=1S/C14H20N4O3/c1-10-2-3-12(8-13(10)18(20)21)16-11-4-6-17(7-5-11)9-14(15)19/h2-3,8,11,16H,4-7,9H2,1H3,(H2,15,19).